The molecule has 0 aromatic carbocycles. The van der Waals surface area contributed by atoms with Gasteiger partial charge in [-0.25, -0.2) is 0 Å². The Morgan fingerprint density at radius 1 is 1.20 bits per heavy atom. The Morgan fingerprint density at radius 3 is 2.13 bits per heavy atom. The van der Waals surface area contributed by atoms with Crippen LogP contribution in [0.3, 0.4) is 0 Å². The lowest BCUT2D eigenvalue weighted by atomic mass is 9.86. The van der Waals surface area contributed by atoms with E-state index in [4.69, 9.17) is 4.74 Å². The van der Waals surface area contributed by atoms with Gasteiger partial charge in [0.15, 0.2) is 0 Å². The first-order chi connectivity index (χ1) is 7.29. The molecule has 0 radical (unpaired) electrons. The van der Waals surface area contributed by atoms with Gasteiger partial charge in [-0.2, -0.15) is 0 Å². The van der Waals surface area contributed by atoms with E-state index in [-0.39, 0.29) is 5.54 Å². The van der Waals surface area contributed by atoms with Crippen LogP contribution in [-0.4, -0.2) is 36.7 Å². The van der Waals surface area contributed by atoms with Crippen molar-refractivity contribution in [3.05, 3.63) is 12.7 Å². The van der Waals surface area contributed by atoms with Gasteiger partial charge in [0.05, 0.1) is 13.2 Å². The number of hydrogen-bond donors (Lipinski definition) is 0. The van der Waals surface area contributed by atoms with Crippen molar-refractivity contribution in [3.8, 4) is 0 Å². The van der Waals surface area contributed by atoms with Crippen molar-refractivity contribution in [2.45, 2.75) is 45.1 Å². The molecule has 0 unspecified atom stereocenters. The second-order valence-electron chi connectivity index (χ2n) is 4.41. The summed E-state index contributed by atoms with van der Waals surface area (Å²) in [5, 5.41) is 0. The van der Waals surface area contributed by atoms with E-state index in [1.165, 1.54) is 25.7 Å². The Morgan fingerprint density at radius 2 is 1.73 bits per heavy atom. The SMILES string of the molecule is C=CC(CCC)(CCC)N1CCOCC1. The zero-order valence-corrected chi connectivity index (χ0v) is 10.3. The van der Waals surface area contributed by atoms with Crippen molar-refractivity contribution < 1.29 is 4.74 Å². The van der Waals surface area contributed by atoms with Gasteiger partial charge in [0.2, 0.25) is 0 Å². The van der Waals surface area contributed by atoms with Gasteiger partial charge in [0.25, 0.3) is 0 Å². The van der Waals surface area contributed by atoms with Gasteiger partial charge in [0, 0.05) is 18.6 Å². The molecular weight excluding hydrogens is 186 g/mol. The minimum atomic E-state index is 0.229. The maximum absolute atomic E-state index is 5.42. The van der Waals surface area contributed by atoms with Crippen LogP contribution in [0.2, 0.25) is 0 Å². The predicted octanol–water partition coefficient (Wildman–Crippen LogP) is 2.84. The second-order valence-corrected chi connectivity index (χ2v) is 4.41. The summed E-state index contributed by atoms with van der Waals surface area (Å²) in [7, 11) is 0. The van der Waals surface area contributed by atoms with Crippen LogP contribution in [0.4, 0.5) is 0 Å². The van der Waals surface area contributed by atoms with E-state index < -0.39 is 0 Å². The molecule has 1 aliphatic heterocycles. The van der Waals surface area contributed by atoms with Gasteiger partial charge in [-0.05, 0) is 12.8 Å². The first kappa shape index (κ1) is 12.7. The van der Waals surface area contributed by atoms with Gasteiger partial charge in [-0.15, -0.1) is 6.58 Å². The summed E-state index contributed by atoms with van der Waals surface area (Å²) in [4.78, 5) is 2.57. The second kappa shape index (κ2) is 6.29. The Kier molecular flexibility index (Phi) is 5.34. The Bertz CT molecular complexity index is 179. The molecule has 2 heteroatoms. The molecule has 1 fully saturated rings. The largest absolute Gasteiger partial charge is 0.379 e. The minimum Gasteiger partial charge on any atom is -0.379 e. The molecule has 0 aromatic rings. The summed E-state index contributed by atoms with van der Waals surface area (Å²) in [6, 6.07) is 0. The lowest BCUT2D eigenvalue weighted by Crippen LogP contribution is -2.52. The maximum Gasteiger partial charge on any atom is 0.0594 e. The van der Waals surface area contributed by atoms with E-state index in [2.05, 4.69) is 31.4 Å². The zero-order chi connectivity index (χ0) is 11.1. The third-order valence-electron chi connectivity index (χ3n) is 3.39. The van der Waals surface area contributed by atoms with Crippen LogP contribution >= 0.6 is 0 Å². The molecule has 1 aliphatic rings. The average molecular weight is 211 g/mol. The average Bonchev–Trinajstić information content (AvgIpc) is 2.30. The molecule has 15 heavy (non-hydrogen) atoms. The molecule has 0 saturated carbocycles. The molecule has 0 spiro atoms. The van der Waals surface area contributed by atoms with Gasteiger partial charge in [-0.3, -0.25) is 4.90 Å². The van der Waals surface area contributed by atoms with Crippen LogP contribution in [0.25, 0.3) is 0 Å². The summed E-state index contributed by atoms with van der Waals surface area (Å²) in [5.41, 5.74) is 0.229. The first-order valence-electron chi connectivity index (χ1n) is 6.25. The number of rotatable bonds is 6. The molecule has 1 rings (SSSR count). The molecule has 1 saturated heterocycles. The number of ether oxygens (including phenoxy) is 1. The van der Waals surface area contributed by atoms with Crippen molar-refractivity contribution in [1.82, 2.24) is 4.90 Å². The molecule has 0 N–H and O–H groups in total. The molecule has 1 heterocycles. The molecule has 0 aromatic heterocycles. The molecule has 0 bridgehead atoms. The van der Waals surface area contributed by atoms with Gasteiger partial charge in [0.1, 0.15) is 0 Å². The first-order valence-corrected chi connectivity index (χ1v) is 6.25. The zero-order valence-electron chi connectivity index (χ0n) is 10.3. The highest BCUT2D eigenvalue weighted by molar-refractivity contribution is 5.04. The summed E-state index contributed by atoms with van der Waals surface area (Å²) >= 11 is 0. The highest BCUT2D eigenvalue weighted by atomic mass is 16.5. The summed E-state index contributed by atoms with van der Waals surface area (Å²) in [5.74, 6) is 0. The van der Waals surface area contributed by atoms with E-state index in [9.17, 15) is 0 Å². The van der Waals surface area contributed by atoms with Crippen LogP contribution in [0.15, 0.2) is 12.7 Å². The monoisotopic (exact) mass is 211 g/mol. The van der Waals surface area contributed by atoms with Crippen LogP contribution in [0.1, 0.15) is 39.5 Å². The lowest BCUT2D eigenvalue weighted by Gasteiger charge is -2.44. The van der Waals surface area contributed by atoms with Crippen LogP contribution in [0, 0.1) is 0 Å². The van der Waals surface area contributed by atoms with E-state index in [1.807, 2.05) is 0 Å². The van der Waals surface area contributed by atoms with E-state index in [0.717, 1.165) is 26.3 Å². The van der Waals surface area contributed by atoms with Gasteiger partial charge in [-0.1, -0.05) is 32.8 Å². The number of nitrogens with zero attached hydrogens (tertiary/aromatic N) is 1. The third kappa shape index (κ3) is 3.05. The molecule has 88 valence electrons. The van der Waals surface area contributed by atoms with Crippen molar-refractivity contribution >= 4 is 0 Å². The molecule has 2 nitrogen and oxygen atoms in total. The van der Waals surface area contributed by atoms with Crippen LogP contribution < -0.4 is 0 Å². The molecule has 0 aliphatic carbocycles. The number of morpholine rings is 1. The Labute approximate surface area is 94.3 Å². The Hall–Kier alpha value is -0.340. The van der Waals surface area contributed by atoms with Gasteiger partial charge < -0.3 is 4.74 Å². The van der Waals surface area contributed by atoms with Gasteiger partial charge >= 0.3 is 0 Å². The topological polar surface area (TPSA) is 12.5 Å². The highest BCUT2D eigenvalue weighted by Gasteiger charge is 2.32. The summed E-state index contributed by atoms with van der Waals surface area (Å²) < 4.78 is 5.42. The van der Waals surface area contributed by atoms with Crippen molar-refractivity contribution in [1.29, 1.82) is 0 Å². The molecular formula is C13H25NO. The highest BCUT2D eigenvalue weighted by Crippen LogP contribution is 2.29. The normalized spacial score (nSPS) is 19.1. The standard InChI is InChI=1S/C13H25NO/c1-4-7-13(6-3,8-5-2)14-9-11-15-12-10-14/h6H,3-5,7-12H2,1-2H3. The fourth-order valence-electron chi connectivity index (χ4n) is 2.65. The van der Waals surface area contributed by atoms with E-state index in [0.29, 0.717) is 0 Å². The molecule has 0 atom stereocenters. The van der Waals surface area contributed by atoms with E-state index in [1.54, 1.807) is 0 Å². The Balaban J connectivity index is 2.70. The molecule has 0 amide bonds. The van der Waals surface area contributed by atoms with Crippen molar-refractivity contribution in [3.63, 3.8) is 0 Å². The van der Waals surface area contributed by atoms with Crippen molar-refractivity contribution in [2.24, 2.45) is 0 Å². The predicted molar refractivity (Wildman–Crippen MR) is 65.1 cm³/mol. The fraction of sp³-hybridized carbons (Fsp3) is 0.846. The number of hydrogen-bond acceptors (Lipinski definition) is 2. The van der Waals surface area contributed by atoms with Crippen molar-refractivity contribution in [2.75, 3.05) is 26.3 Å². The smallest absolute Gasteiger partial charge is 0.0594 e. The van der Waals surface area contributed by atoms with Crippen LogP contribution in [-0.2, 0) is 4.74 Å². The van der Waals surface area contributed by atoms with Crippen LogP contribution in [0.5, 0.6) is 0 Å². The maximum atomic E-state index is 5.42. The lowest BCUT2D eigenvalue weighted by molar-refractivity contribution is -0.0119. The third-order valence-corrected chi connectivity index (χ3v) is 3.39. The quantitative estimate of drug-likeness (QED) is 0.626. The minimum absolute atomic E-state index is 0.229. The van der Waals surface area contributed by atoms with E-state index >= 15 is 0 Å². The summed E-state index contributed by atoms with van der Waals surface area (Å²) in [6.07, 6.45) is 7.08. The fourth-order valence-corrected chi connectivity index (χ4v) is 2.65. The summed E-state index contributed by atoms with van der Waals surface area (Å²) in [6.45, 7) is 12.5.